The molecule has 1 N–H and O–H groups in total. The molecule has 1 amide bonds. The second-order valence-corrected chi connectivity index (χ2v) is 8.24. The van der Waals surface area contributed by atoms with E-state index in [1.54, 1.807) is 13.0 Å². The average molecular weight is 371 g/mol. The molecule has 1 aromatic rings. The van der Waals surface area contributed by atoms with Gasteiger partial charge in [0.25, 0.3) is 0 Å². The molecule has 140 valence electrons. The Balaban J connectivity index is 1.98. The maximum Gasteiger partial charge on any atom is 0.410 e. The van der Waals surface area contributed by atoms with E-state index in [0.29, 0.717) is 10.6 Å². The second kappa shape index (κ2) is 7.81. The monoisotopic (exact) mass is 370 g/mol. The summed E-state index contributed by atoms with van der Waals surface area (Å²) in [6.45, 7) is 10.1. The number of benzene rings is 1. The highest BCUT2D eigenvalue weighted by atomic mass is 35.5. The Labute approximate surface area is 154 Å². The number of aryl methyl sites for hydroxylation is 1. The van der Waals surface area contributed by atoms with Crippen LogP contribution < -0.4 is 5.32 Å². The van der Waals surface area contributed by atoms with Crippen LogP contribution in [0.15, 0.2) is 12.1 Å². The molecular formula is C19H28ClFN2O2. The van der Waals surface area contributed by atoms with E-state index in [9.17, 15) is 9.18 Å². The van der Waals surface area contributed by atoms with Crippen molar-refractivity contribution in [2.24, 2.45) is 0 Å². The van der Waals surface area contributed by atoms with Crippen molar-refractivity contribution in [3.8, 4) is 0 Å². The molecule has 1 aliphatic heterocycles. The molecule has 1 heterocycles. The van der Waals surface area contributed by atoms with Gasteiger partial charge >= 0.3 is 6.09 Å². The number of amides is 1. The number of anilines is 1. The van der Waals surface area contributed by atoms with Crippen LogP contribution in [0, 0.1) is 12.7 Å². The Morgan fingerprint density at radius 3 is 2.80 bits per heavy atom. The van der Waals surface area contributed by atoms with Crippen molar-refractivity contribution in [2.75, 3.05) is 11.9 Å². The van der Waals surface area contributed by atoms with Crippen LogP contribution in [0.2, 0.25) is 5.02 Å². The third-order valence-electron chi connectivity index (χ3n) is 4.28. The van der Waals surface area contributed by atoms with Gasteiger partial charge in [-0.1, -0.05) is 11.6 Å². The summed E-state index contributed by atoms with van der Waals surface area (Å²) in [7, 11) is 0. The number of halogens is 2. The summed E-state index contributed by atoms with van der Waals surface area (Å²) in [6, 6.07) is 3.27. The summed E-state index contributed by atoms with van der Waals surface area (Å²) in [6.07, 6.45) is 2.47. The van der Waals surface area contributed by atoms with Crippen molar-refractivity contribution in [3.63, 3.8) is 0 Å². The first-order chi connectivity index (χ1) is 11.6. The largest absolute Gasteiger partial charge is 0.444 e. The van der Waals surface area contributed by atoms with Gasteiger partial charge in [-0.2, -0.15) is 0 Å². The van der Waals surface area contributed by atoms with Crippen LogP contribution in [0.1, 0.15) is 52.5 Å². The summed E-state index contributed by atoms with van der Waals surface area (Å²) >= 11 is 6.13. The first-order valence-electron chi connectivity index (χ1n) is 8.78. The Morgan fingerprint density at radius 2 is 2.16 bits per heavy atom. The van der Waals surface area contributed by atoms with Crippen LogP contribution in [0.3, 0.4) is 0 Å². The molecule has 0 bridgehead atoms. The fraction of sp³-hybridized carbons (Fsp3) is 0.632. The molecule has 25 heavy (non-hydrogen) atoms. The number of ether oxygens (including phenoxy) is 1. The van der Waals surface area contributed by atoms with Crippen molar-refractivity contribution in [1.82, 2.24) is 4.90 Å². The van der Waals surface area contributed by atoms with Gasteiger partial charge in [-0.05, 0) is 71.6 Å². The molecule has 1 aromatic carbocycles. The van der Waals surface area contributed by atoms with E-state index >= 15 is 0 Å². The molecule has 0 saturated carbocycles. The SMILES string of the molecule is Cc1cc(NC(C)CC2CCCN2C(=O)OC(C)(C)C)c(Cl)cc1F. The Hall–Kier alpha value is -1.49. The van der Waals surface area contributed by atoms with Crippen LogP contribution in [0.5, 0.6) is 0 Å². The third kappa shape index (κ3) is 5.50. The minimum absolute atomic E-state index is 0.0930. The molecule has 1 saturated heterocycles. The highest BCUT2D eigenvalue weighted by Crippen LogP contribution is 2.28. The number of carbonyl (C=O) groups excluding carboxylic acids is 1. The van der Waals surface area contributed by atoms with E-state index < -0.39 is 5.60 Å². The van der Waals surface area contributed by atoms with E-state index in [-0.39, 0.29) is 24.0 Å². The van der Waals surface area contributed by atoms with Gasteiger partial charge in [0.15, 0.2) is 0 Å². The lowest BCUT2D eigenvalue weighted by Crippen LogP contribution is -2.41. The quantitative estimate of drug-likeness (QED) is 0.773. The van der Waals surface area contributed by atoms with Crippen LogP contribution in [-0.2, 0) is 4.74 Å². The van der Waals surface area contributed by atoms with Gasteiger partial charge in [-0.25, -0.2) is 9.18 Å². The number of nitrogens with zero attached hydrogens (tertiary/aromatic N) is 1. The lowest BCUT2D eigenvalue weighted by molar-refractivity contribution is 0.0218. The fourth-order valence-electron chi connectivity index (χ4n) is 3.14. The standard InChI is InChI=1S/C19H28ClFN2O2/c1-12-9-17(15(20)11-16(12)21)22-13(2)10-14-7-6-8-23(14)18(24)25-19(3,4)5/h9,11,13-14,22H,6-8,10H2,1-5H3. The number of hydrogen-bond acceptors (Lipinski definition) is 3. The second-order valence-electron chi connectivity index (χ2n) is 7.83. The molecule has 0 radical (unpaired) electrons. The molecule has 0 aliphatic carbocycles. The molecular weight excluding hydrogens is 343 g/mol. The Kier molecular flexibility index (Phi) is 6.20. The number of nitrogens with one attached hydrogen (secondary N) is 1. The maximum absolute atomic E-state index is 13.5. The van der Waals surface area contributed by atoms with Crippen LogP contribution in [0.4, 0.5) is 14.9 Å². The van der Waals surface area contributed by atoms with E-state index in [0.717, 1.165) is 31.5 Å². The normalized spacial score (nSPS) is 19.0. The first-order valence-corrected chi connectivity index (χ1v) is 9.16. The van der Waals surface area contributed by atoms with Crippen molar-refractivity contribution < 1.29 is 13.9 Å². The molecule has 6 heteroatoms. The van der Waals surface area contributed by atoms with Crippen molar-refractivity contribution in [1.29, 1.82) is 0 Å². The topological polar surface area (TPSA) is 41.6 Å². The van der Waals surface area contributed by atoms with E-state index in [2.05, 4.69) is 5.32 Å². The fourth-order valence-corrected chi connectivity index (χ4v) is 3.35. The van der Waals surface area contributed by atoms with Gasteiger partial charge < -0.3 is 15.0 Å². The van der Waals surface area contributed by atoms with Crippen molar-refractivity contribution >= 4 is 23.4 Å². The molecule has 0 spiro atoms. The van der Waals surface area contributed by atoms with Crippen LogP contribution in [0.25, 0.3) is 0 Å². The van der Waals surface area contributed by atoms with Crippen molar-refractivity contribution in [3.05, 3.63) is 28.5 Å². The van der Waals surface area contributed by atoms with Crippen LogP contribution in [-0.4, -0.2) is 35.2 Å². The zero-order chi connectivity index (χ0) is 18.8. The average Bonchev–Trinajstić information content (AvgIpc) is 2.91. The summed E-state index contributed by atoms with van der Waals surface area (Å²) in [5.74, 6) is -0.310. The van der Waals surface area contributed by atoms with Gasteiger partial charge in [0.2, 0.25) is 0 Å². The minimum atomic E-state index is -0.493. The van der Waals surface area contributed by atoms with Gasteiger partial charge in [0, 0.05) is 18.6 Å². The molecule has 1 fully saturated rings. The summed E-state index contributed by atoms with van der Waals surface area (Å²) in [4.78, 5) is 14.2. The maximum atomic E-state index is 13.5. The molecule has 4 nitrogen and oxygen atoms in total. The number of carbonyl (C=O) groups is 1. The minimum Gasteiger partial charge on any atom is -0.444 e. The lowest BCUT2D eigenvalue weighted by atomic mass is 10.1. The smallest absolute Gasteiger partial charge is 0.410 e. The molecule has 2 rings (SSSR count). The van der Waals surface area contributed by atoms with Gasteiger partial charge in [0.1, 0.15) is 11.4 Å². The molecule has 2 atom stereocenters. The third-order valence-corrected chi connectivity index (χ3v) is 4.59. The van der Waals surface area contributed by atoms with Crippen molar-refractivity contribution in [2.45, 2.75) is 71.6 Å². The van der Waals surface area contributed by atoms with E-state index in [4.69, 9.17) is 16.3 Å². The lowest BCUT2D eigenvalue weighted by Gasteiger charge is -2.30. The van der Waals surface area contributed by atoms with Gasteiger partial charge in [-0.3, -0.25) is 0 Å². The summed E-state index contributed by atoms with van der Waals surface area (Å²) < 4.78 is 19.0. The molecule has 1 aliphatic rings. The van der Waals surface area contributed by atoms with Crippen LogP contribution >= 0.6 is 11.6 Å². The number of hydrogen-bond donors (Lipinski definition) is 1. The number of rotatable bonds is 4. The summed E-state index contributed by atoms with van der Waals surface area (Å²) in [5, 5.41) is 3.70. The zero-order valence-corrected chi connectivity index (χ0v) is 16.4. The van der Waals surface area contributed by atoms with Gasteiger partial charge in [-0.15, -0.1) is 0 Å². The highest BCUT2D eigenvalue weighted by molar-refractivity contribution is 6.33. The Morgan fingerprint density at radius 1 is 1.48 bits per heavy atom. The summed E-state index contributed by atoms with van der Waals surface area (Å²) in [5.41, 5.74) is 0.776. The zero-order valence-electron chi connectivity index (χ0n) is 15.7. The molecule has 2 unspecified atom stereocenters. The Bertz CT molecular complexity index is 631. The highest BCUT2D eigenvalue weighted by Gasteiger charge is 2.33. The van der Waals surface area contributed by atoms with E-state index in [1.807, 2.05) is 32.6 Å². The van der Waals surface area contributed by atoms with Gasteiger partial charge in [0.05, 0.1) is 10.7 Å². The number of likely N-dealkylation sites (tertiary alicyclic amines) is 1. The van der Waals surface area contributed by atoms with E-state index in [1.165, 1.54) is 6.07 Å². The predicted octanol–water partition coefficient (Wildman–Crippen LogP) is 5.38. The molecule has 0 aromatic heterocycles. The first kappa shape index (κ1) is 19.8. The predicted molar refractivity (Wildman–Crippen MR) is 99.8 cm³/mol.